The van der Waals surface area contributed by atoms with Crippen LogP contribution in [-0.4, -0.2) is 24.7 Å². The maximum Gasteiger partial charge on any atom is 0.304 e. The fourth-order valence-corrected chi connectivity index (χ4v) is 1.76. The highest BCUT2D eigenvalue weighted by Crippen LogP contribution is 2.30. The number of halogens is 2. The van der Waals surface area contributed by atoms with Gasteiger partial charge in [-0.2, -0.15) is 0 Å². The third kappa shape index (κ3) is 4.42. The van der Waals surface area contributed by atoms with Gasteiger partial charge in [-0.3, -0.25) is 4.79 Å². The predicted octanol–water partition coefficient (Wildman–Crippen LogP) is 2.57. The highest BCUT2D eigenvalue weighted by Gasteiger charge is 2.07. The average molecular weight is 278 g/mol. The molecular weight excluding hydrogens is 265 g/mol. The van der Waals surface area contributed by atoms with Gasteiger partial charge in [0.15, 0.2) is 0 Å². The molecule has 2 N–H and O–H groups in total. The van der Waals surface area contributed by atoms with Gasteiger partial charge in [0, 0.05) is 24.2 Å². The Morgan fingerprint density at radius 2 is 2.12 bits per heavy atom. The Labute approximate surface area is 109 Å². The van der Waals surface area contributed by atoms with Crippen molar-refractivity contribution in [2.45, 2.75) is 13.0 Å². The lowest BCUT2D eigenvalue weighted by Crippen LogP contribution is -2.17. The number of carboxylic acids is 1. The number of hydrogen-bond donors (Lipinski definition) is 2. The van der Waals surface area contributed by atoms with E-state index in [0.29, 0.717) is 28.9 Å². The quantitative estimate of drug-likeness (QED) is 0.785. The van der Waals surface area contributed by atoms with E-state index in [0.717, 1.165) is 5.56 Å². The standard InChI is InChI=1S/C11H13Cl2NO3/c1-17-10-5-8(12)7(4-9(10)13)6-14-3-2-11(15)16/h4-5,14H,2-3,6H2,1H3,(H,15,16). The molecule has 94 valence electrons. The number of aliphatic carboxylic acids is 1. The first-order valence-corrected chi connectivity index (χ1v) is 5.74. The summed E-state index contributed by atoms with van der Waals surface area (Å²) in [7, 11) is 1.52. The molecule has 0 bridgehead atoms. The Kier molecular flexibility index (Phi) is 5.55. The minimum absolute atomic E-state index is 0.0709. The molecule has 1 aromatic carbocycles. The molecule has 0 aliphatic carbocycles. The number of rotatable bonds is 6. The highest BCUT2D eigenvalue weighted by molar-refractivity contribution is 6.34. The molecule has 0 aliphatic rings. The van der Waals surface area contributed by atoms with Crippen molar-refractivity contribution in [3.63, 3.8) is 0 Å². The van der Waals surface area contributed by atoms with Gasteiger partial charge in [0.05, 0.1) is 18.6 Å². The maximum absolute atomic E-state index is 10.3. The molecule has 0 amide bonds. The molecule has 1 aromatic rings. The largest absolute Gasteiger partial charge is 0.495 e. The number of methoxy groups -OCH3 is 1. The molecule has 0 fully saturated rings. The van der Waals surface area contributed by atoms with Crippen LogP contribution in [0.1, 0.15) is 12.0 Å². The number of carboxylic acid groups (broad SMARTS) is 1. The second-order valence-electron chi connectivity index (χ2n) is 3.40. The smallest absolute Gasteiger partial charge is 0.304 e. The number of benzene rings is 1. The van der Waals surface area contributed by atoms with Crippen LogP contribution < -0.4 is 10.1 Å². The monoisotopic (exact) mass is 277 g/mol. The van der Waals surface area contributed by atoms with Gasteiger partial charge in [0.1, 0.15) is 5.75 Å². The third-order valence-electron chi connectivity index (χ3n) is 2.15. The molecule has 0 heterocycles. The van der Waals surface area contributed by atoms with E-state index in [4.69, 9.17) is 33.0 Å². The van der Waals surface area contributed by atoms with Crippen molar-refractivity contribution in [3.05, 3.63) is 27.7 Å². The summed E-state index contributed by atoms with van der Waals surface area (Å²) >= 11 is 12.0. The molecule has 0 aromatic heterocycles. The summed E-state index contributed by atoms with van der Waals surface area (Å²) in [5.41, 5.74) is 0.808. The van der Waals surface area contributed by atoms with Crippen molar-refractivity contribution < 1.29 is 14.6 Å². The van der Waals surface area contributed by atoms with Crippen molar-refractivity contribution in [3.8, 4) is 5.75 Å². The minimum atomic E-state index is -0.837. The molecular formula is C11H13Cl2NO3. The molecule has 0 aliphatic heterocycles. The molecule has 1 rings (SSSR count). The lowest BCUT2D eigenvalue weighted by atomic mass is 10.2. The van der Waals surface area contributed by atoms with Crippen molar-refractivity contribution in [2.24, 2.45) is 0 Å². The molecule has 0 unspecified atom stereocenters. The minimum Gasteiger partial charge on any atom is -0.495 e. The first-order valence-electron chi connectivity index (χ1n) is 4.99. The van der Waals surface area contributed by atoms with E-state index in [2.05, 4.69) is 5.32 Å². The zero-order valence-electron chi connectivity index (χ0n) is 9.30. The Hall–Kier alpha value is -0.970. The van der Waals surface area contributed by atoms with Crippen molar-refractivity contribution in [2.75, 3.05) is 13.7 Å². The van der Waals surface area contributed by atoms with Gasteiger partial charge in [0.2, 0.25) is 0 Å². The SMILES string of the molecule is COc1cc(Cl)c(CNCCC(=O)O)cc1Cl. The van der Waals surface area contributed by atoms with Crippen LogP contribution in [0.15, 0.2) is 12.1 Å². The summed E-state index contributed by atoms with van der Waals surface area (Å²) in [6.07, 6.45) is 0.0709. The van der Waals surface area contributed by atoms with E-state index in [1.54, 1.807) is 12.1 Å². The molecule has 0 saturated carbocycles. The van der Waals surface area contributed by atoms with Crippen molar-refractivity contribution in [1.29, 1.82) is 0 Å². The first kappa shape index (κ1) is 14.1. The predicted molar refractivity (Wildman–Crippen MR) is 67.0 cm³/mol. The molecule has 0 spiro atoms. The van der Waals surface area contributed by atoms with Gasteiger partial charge in [0.25, 0.3) is 0 Å². The van der Waals surface area contributed by atoms with Crippen molar-refractivity contribution >= 4 is 29.2 Å². The normalized spacial score (nSPS) is 10.3. The Bertz CT molecular complexity index is 410. The van der Waals surface area contributed by atoms with Gasteiger partial charge in [-0.05, 0) is 11.6 Å². The number of carbonyl (C=O) groups is 1. The molecule has 17 heavy (non-hydrogen) atoms. The van der Waals surface area contributed by atoms with Crippen LogP contribution in [0.25, 0.3) is 0 Å². The Morgan fingerprint density at radius 1 is 1.41 bits per heavy atom. The molecule has 4 nitrogen and oxygen atoms in total. The molecule has 0 atom stereocenters. The van der Waals surface area contributed by atoms with Crippen LogP contribution in [0.2, 0.25) is 10.0 Å². The van der Waals surface area contributed by atoms with Crippen LogP contribution in [0.4, 0.5) is 0 Å². The van der Waals surface area contributed by atoms with Gasteiger partial charge < -0.3 is 15.2 Å². The highest BCUT2D eigenvalue weighted by atomic mass is 35.5. The fraction of sp³-hybridized carbons (Fsp3) is 0.364. The summed E-state index contributed by atoms with van der Waals surface area (Å²) < 4.78 is 5.02. The summed E-state index contributed by atoms with van der Waals surface area (Å²) in [6, 6.07) is 3.34. The van der Waals surface area contributed by atoms with E-state index in [-0.39, 0.29) is 6.42 Å². The molecule has 0 saturated heterocycles. The van der Waals surface area contributed by atoms with Crippen LogP contribution in [0.5, 0.6) is 5.75 Å². The topological polar surface area (TPSA) is 58.6 Å². The van der Waals surface area contributed by atoms with E-state index in [1.165, 1.54) is 7.11 Å². The molecule has 6 heteroatoms. The third-order valence-corrected chi connectivity index (χ3v) is 2.80. The average Bonchev–Trinajstić information content (AvgIpc) is 2.28. The Balaban J connectivity index is 2.59. The summed E-state index contributed by atoms with van der Waals surface area (Å²) in [5.74, 6) is -0.317. The maximum atomic E-state index is 10.3. The second kappa shape index (κ2) is 6.69. The van der Waals surface area contributed by atoms with Gasteiger partial charge in [-0.1, -0.05) is 23.2 Å². The van der Waals surface area contributed by atoms with Crippen LogP contribution in [0, 0.1) is 0 Å². The van der Waals surface area contributed by atoms with Gasteiger partial charge >= 0.3 is 5.97 Å². The second-order valence-corrected chi connectivity index (χ2v) is 4.21. The van der Waals surface area contributed by atoms with Gasteiger partial charge in [-0.25, -0.2) is 0 Å². The summed E-state index contributed by atoms with van der Waals surface area (Å²) in [6.45, 7) is 0.852. The number of nitrogens with one attached hydrogen (secondary N) is 1. The zero-order valence-corrected chi connectivity index (χ0v) is 10.8. The van der Waals surface area contributed by atoms with E-state index in [9.17, 15) is 4.79 Å². The van der Waals surface area contributed by atoms with E-state index >= 15 is 0 Å². The Morgan fingerprint density at radius 3 is 2.71 bits per heavy atom. The van der Waals surface area contributed by atoms with Crippen molar-refractivity contribution in [1.82, 2.24) is 5.32 Å². The van der Waals surface area contributed by atoms with Crippen LogP contribution in [-0.2, 0) is 11.3 Å². The van der Waals surface area contributed by atoms with E-state index < -0.39 is 5.97 Å². The van der Waals surface area contributed by atoms with Crippen LogP contribution in [0.3, 0.4) is 0 Å². The number of hydrogen-bond acceptors (Lipinski definition) is 3. The van der Waals surface area contributed by atoms with Gasteiger partial charge in [-0.15, -0.1) is 0 Å². The summed E-state index contributed by atoms with van der Waals surface area (Å²) in [5, 5.41) is 12.5. The summed E-state index contributed by atoms with van der Waals surface area (Å²) in [4.78, 5) is 10.3. The lowest BCUT2D eigenvalue weighted by Gasteiger charge is -2.09. The van der Waals surface area contributed by atoms with E-state index in [1.807, 2.05) is 0 Å². The number of ether oxygens (including phenoxy) is 1. The molecule has 0 radical (unpaired) electrons. The lowest BCUT2D eigenvalue weighted by molar-refractivity contribution is -0.136. The zero-order chi connectivity index (χ0) is 12.8. The first-order chi connectivity index (χ1) is 8.04. The van der Waals surface area contributed by atoms with Crippen LogP contribution >= 0.6 is 23.2 Å². The fourth-order valence-electron chi connectivity index (χ4n) is 1.28.